The molecule has 0 radical (unpaired) electrons. The Morgan fingerprint density at radius 3 is 2.41 bits per heavy atom. The maximum atomic E-state index is 13.7. The van der Waals surface area contributed by atoms with Crippen molar-refractivity contribution in [3.8, 4) is 0 Å². The predicted octanol–water partition coefficient (Wildman–Crippen LogP) is 3.00. The van der Waals surface area contributed by atoms with Crippen molar-refractivity contribution >= 4 is 23.5 Å². The molecule has 0 unspecified atom stereocenters. The van der Waals surface area contributed by atoms with Gasteiger partial charge in [0, 0.05) is 31.6 Å². The summed E-state index contributed by atoms with van der Waals surface area (Å²) in [5, 5.41) is 11.5. The van der Waals surface area contributed by atoms with Crippen molar-refractivity contribution in [1.82, 2.24) is 0 Å². The number of carbonyl (C=O) groups excluding carboxylic acids is 4. The summed E-state index contributed by atoms with van der Waals surface area (Å²) >= 11 is 0. The van der Waals surface area contributed by atoms with Crippen LogP contribution >= 0.6 is 0 Å². The van der Waals surface area contributed by atoms with Gasteiger partial charge in [-0.3, -0.25) is 19.2 Å². The molecule has 178 valence electrons. The van der Waals surface area contributed by atoms with Crippen LogP contribution in [0.1, 0.15) is 79.1 Å². The van der Waals surface area contributed by atoms with Crippen LogP contribution in [0.25, 0.3) is 0 Å². The van der Waals surface area contributed by atoms with Gasteiger partial charge in [0.1, 0.15) is 17.5 Å². The molecule has 0 aliphatic heterocycles. The second-order valence-corrected chi connectivity index (χ2v) is 11.2. The first-order chi connectivity index (χ1) is 14.9. The van der Waals surface area contributed by atoms with Gasteiger partial charge in [-0.15, -0.1) is 0 Å². The molecule has 4 rings (SSSR count). The molecule has 0 bridgehead atoms. The summed E-state index contributed by atoms with van der Waals surface area (Å²) in [5.41, 5.74) is -2.61. The highest BCUT2D eigenvalue weighted by Crippen LogP contribution is 2.67. The average molecular weight is 449 g/mol. The van der Waals surface area contributed by atoms with Crippen LogP contribution in [0, 0.1) is 34.5 Å². The van der Waals surface area contributed by atoms with E-state index in [0.717, 1.165) is 32.1 Å². The molecule has 0 amide bonds. The molecule has 0 aromatic carbocycles. The van der Waals surface area contributed by atoms with Crippen LogP contribution in [0.5, 0.6) is 0 Å². The molecule has 4 saturated carbocycles. The van der Waals surface area contributed by atoms with Crippen LogP contribution in [0.15, 0.2) is 0 Å². The van der Waals surface area contributed by atoms with Gasteiger partial charge in [-0.1, -0.05) is 13.8 Å². The zero-order valence-corrected chi connectivity index (χ0v) is 19.6. The first-order valence-corrected chi connectivity index (χ1v) is 12.0. The van der Waals surface area contributed by atoms with Crippen LogP contribution in [0.4, 0.5) is 0 Å². The number of esters is 2. The Morgan fingerprint density at radius 2 is 1.75 bits per heavy atom. The van der Waals surface area contributed by atoms with E-state index in [0.29, 0.717) is 18.8 Å². The van der Waals surface area contributed by atoms with E-state index in [-0.39, 0.29) is 47.4 Å². The molecule has 4 aliphatic rings. The number of ketones is 2. The van der Waals surface area contributed by atoms with Gasteiger partial charge in [-0.25, -0.2) is 0 Å². The summed E-state index contributed by atoms with van der Waals surface area (Å²) < 4.78 is 10.4. The van der Waals surface area contributed by atoms with Gasteiger partial charge in [0.15, 0.2) is 6.61 Å². The van der Waals surface area contributed by atoms with Crippen molar-refractivity contribution < 1.29 is 33.8 Å². The van der Waals surface area contributed by atoms with Gasteiger partial charge < -0.3 is 14.6 Å². The van der Waals surface area contributed by atoms with E-state index in [1.165, 1.54) is 13.8 Å². The number of aliphatic hydroxyl groups is 1. The van der Waals surface area contributed by atoms with E-state index < -0.39 is 29.4 Å². The van der Waals surface area contributed by atoms with E-state index in [1.807, 2.05) is 6.92 Å². The third kappa shape index (κ3) is 3.42. The molecule has 4 fully saturated rings. The van der Waals surface area contributed by atoms with Crippen molar-refractivity contribution in [2.45, 2.75) is 90.8 Å². The van der Waals surface area contributed by atoms with Crippen LogP contribution in [-0.2, 0) is 28.7 Å². The highest BCUT2D eigenvalue weighted by atomic mass is 16.5. The lowest BCUT2D eigenvalue weighted by Crippen LogP contribution is -2.62. The highest BCUT2D eigenvalue weighted by Gasteiger charge is 2.69. The van der Waals surface area contributed by atoms with E-state index in [4.69, 9.17) is 9.47 Å². The number of rotatable bonds is 4. The number of hydrogen-bond donors (Lipinski definition) is 1. The Labute approximate surface area is 189 Å². The highest BCUT2D eigenvalue weighted by molar-refractivity contribution is 5.93. The maximum absolute atomic E-state index is 13.7. The first-order valence-electron chi connectivity index (χ1n) is 12.0. The summed E-state index contributed by atoms with van der Waals surface area (Å²) in [6.45, 7) is 6.34. The lowest BCUT2D eigenvalue weighted by molar-refractivity contribution is -0.183. The molecule has 0 saturated heterocycles. The van der Waals surface area contributed by atoms with Gasteiger partial charge in [0.25, 0.3) is 0 Å². The minimum Gasteiger partial charge on any atom is -0.463 e. The molecule has 8 atom stereocenters. The van der Waals surface area contributed by atoms with Crippen LogP contribution in [-0.4, -0.2) is 46.9 Å². The quantitative estimate of drug-likeness (QED) is 0.659. The van der Waals surface area contributed by atoms with Gasteiger partial charge in [0.05, 0.1) is 0 Å². The van der Waals surface area contributed by atoms with Crippen molar-refractivity contribution in [2.24, 2.45) is 34.5 Å². The Morgan fingerprint density at radius 1 is 1.03 bits per heavy atom. The van der Waals surface area contributed by atoms with Crippen molar-refractivity contribution in [3.05, 3.63) is 0 Å². The zero-order valence-electron chi connectivity index (χ0n) is 19.6. The topological polar surface area (TPSA) is 107 Å². The van der Waals surface area contributed by atoms with Gasteiger partial charge >= 0.3 is 11.9 Å². The molecule has 4 aliphatic carbocycles. The summed E-state index contributed by atoms with van der Waals surface area (Å²) in [7, 11) is 0. The second-order valence-electron chi connectivity index (χ2n) is 11.2. The summed E-state index contributed by atoms with van der Waals surface area (Å²) in [6.07, 6.45) is 5.39. The van der Waals surface area contributed by atoms with Crippen LogP contribution in [0.3, 0.4) is 0 Å². The molecular formula is C25H36O7. The van der Waals surface area contributed by atoms with Gasteiger partial charge in [0.2, 0.25) is 5.78 Å². The number of Topliss-reactive ketones (excluding diaryl/α,β-unsaturated/α-hetero) is 2. The van der Waals surface area contributed by atoms with E-state index >= 15 is 0 Å². The largest absolute Gasteiger partial charge is 0.463 e. The van der Waals surface area contributed by atoms with E-state index in [9.17, 15) is 24.3 Å². The van der Waals surface area contributed by atoms with Gasteiger partial charge in [-0.2, -0.15) is 0 Å². The molecule has 0 aromatic heterocycles. The fourth-order valence-corrected chi connectivity index (χ4v) is 8.12. The molecule has 0 heterocycles. The van der Waals surface area contributed by atoms with E-state index in [2.05, 4.69) is 6.92 Å². The first kappa shape index (κ1) is 23.4. The molecule has 1 N–H and O–H groups in total. The number of fused-ring (bicyclic) bond motifs is 5. The Balaban J connectivity index is 1.57. The van der Waals surface area contributed by atoms with Gasteiger partial charge in [-0.05, 0) is 68.1 Å². The summed E-state index contributed by atoms with van der Waals surface area (Å²) in [4.78, 5) is 49.2. The lowest BCUT2D eigenvalue weighted by atomic mass is 9.44. The number of ether oxygens (including phenoxy) is 2. The van der Waals surface area contributed by atoms with Crippen LogP contribution in [0.2, 0.25) is 0 Å². The van der Waals surface area contributed by atoms with Crippen LogP contribution < -0.4 is 0 Å². The molecule has 32 heavy (non-hydrogen) atoms. The summed E-state index contributed by atoms with van der Waals surface area (Å²) in [6, 6.07) is 0. The summed E-state index contributed by atoms with van der Waals surface area (Å²) in [5.74, 6) is -0.677. The standard InChI is InChI=1S/C25H36O7/c1-14(26)31-13-21(29)25(30)10-8-19-18-6-5-16-11-17(32-15(2)27)7-9-23(16,3)22(18)20(28)12-24(19,25)4/h16-19,22,30H,5-13H2,1-4H3/t16-,17-,18+,19-,22+,23+,24+,25-/m1/s1. The Bertz CT molecular complexity index is 836. The predicted molar refractivity (Wildman–Crippen MR) is 114 cm³/mol. The fourth-order valence-electron chi connectivity index (χ4n) is 8.12. The normalized spacial score (nSPS) is 45.3. The molecule has 0 spiro atoms. The third-order valence-corrected chi connectivity index (χ3v) is 9.66. The monoisotopic (exact) mass is 448 g/mol. The Kier molecular flexibility index (Phi) is 5.80. The zero-order chi connectivity index (χ0) is 23.5. The minimum absolute atomic E-state index is 0.0680. The fraction of sp³-hybridized carbons (Fsp3) is 0.840. The van der Waals surface area contributed by atoms with Crippen molar-refractivity contribution in [1.29, 1.82) is 0 Å². The molecule has 0 aromatic rings. The van der Waals surface area contributed by atoms with Crippen molar-refractivity contribution in [3.63, 3.8) is 0 Å². The molecule has 7 nitrogen and oxygen atoms in total. The smallest absolute Gasteiger partial charge is 0.303 e. The lowest BCUT2D eigenvalue weighted by Gasteiger charge is -2.60. The SMILES string of the molecule is CC(=O)OCC(=O)[C@]1(O)CC[C@@H]2[C@@H]3CC[C@@H]4C[C@H](OC(C)=O)CC[C@]4(C)[C@@H]3C(=O)C[C@@]21C. The van der Waals surface area contributed by atoms with E-state index in [1.54, 1.807) is 0 Å². The molecular weight excluding hydrogens is 412 g/mol. The molecule has 7 heteroatoms. The minimum atomic E-state index is -1.64. The maximum Gasteiger partial charge on any atom is 0.303 e. The Hall–Kier alpha value is -1.76. The average Bonchev–Trinajstić information content (AvgIpc) is 2.97. The third-order valence-electron chi connectivity index (χ3n) is 9.66. The number of hydrogen-bond acceptors (Lipinski definition) is 7. The second kappa shape index (κ2) is 7.93. The van der Waals surface area contributed by atoms with Crippen molar-refractivity contribution in [2.75, 3.05) is 6.61 Å². The number of carbonyl (C=O) groups is 4.